The van der Waals surface area contributed by atoms with Gasteiger partial charge in [0.1, 0.15) is 0 Å². The van der Waals surface area contributed by atoms with Gasteiger partial charge in [-0.2, -0.15) is 12.2 Å². The van der Waals surface area contributed by atoms with Gasteiger partial charge < -0.3 is 4.90 Å². The van der Waals surface area contributed by atoms with E-state index in [2.05, 4.69) is 12.7 Å². The Labute approximate surface area is 141 Å². The van der Waals surface area contributed by atoms with Crippen LogP contribution in [0, 0.1) is 6.08 Å². The third kappa shape index (κ3) is 4.23. The molecule has 0 amide bonds. The number of rotatable bonds is 3. The smallest absolute Gasteiger partial charge is 0.256 e. The van der Waals surface area contributed by atoms with Crippen molar-refractivity contribution in [3.8, 4) is 0 Å². The molecule has 0 saturated carbocycles. The van der Waals surface area contributed by atoms with Crippen LogP contribution in [-0.4, -0.2) is 17.9 Å². The topological polar surface area (TPSA) is 3.24 Å². The number of alkyl halides is 2. The molecule has 97 valence electrons. The fourth-order valence-corrected chi connectivity index (χ4v) is 1.85. The Hall–Kier alpha value is -0.506. The van der Waals surface area contributed by atoms with Crippen LogP contribution in [0.15, 0.2) is 48.7 Å². The quantitative estimate of drug-likeness (QED) is 0.737. The Kier molecular flexibility index (Phi) is 6.38. The largest absolute Gasteiger partial charge is 0.370 e. The molecule has 2 rings (SSSR count). The first kappa shape index (κ1) is 16.5. The molecular weight excluding hydrogens is 345 g/mol. The summed E-state index contributed by atoms with van der Waals surface area (Å²) in [6.45, 7) is 3.37. The molecule has 19 heavy (non-hydrogen) atoms. The third-order valence-corrected chi connectivity index (χ3v) is 2.80. The molecule has 1 aliphatic rings. The molecule has 0 fully saturated rings. The van der Waals surface area contributed by atoms with Crippen molar-refractivity contribution in [2.24, 2.45) is 0 Å². The zero-order valence-corrected chi connectivity index (χ0v) is 13.7. The molecule has 1 aromatic rings. The molecule has 0 aliphatic carbocycles. The molecule has 1 nitrogen and oxygen atoms in total. The van der Waals surface area contributed by atoms with E-state index in [1.807, 2.05) is 0 Å². The van der Waals surface area contributed by atoms with Gasteiger partial charge in [0, 0.05) is 37.7 Å². The summed E-state index contributed by atoms with van der Waals surface area (Å²) < 4.78 is 25.2. The van der Waals surface area contributed by atoms with E-state index in [-0.39, 0.29) is 32.7 Å². The molecule has 0 atom stereocenters. The summed E-state index contributed by atoms with van der Waals surface area (Å²) in [5, 5.41) is 0.602. The van der Waals surface area contributed by atoms with E-state index in [1.54, 1.807) is 36.4 Å². The fourth-order valence-electron chi connectivity index (χ4n) is 1.72. The van der Waals surface area contributed by atoms with Crippen molar-refractivity contribution < 1.29 is 41.5 Å². The monoisotopic (exact) mass is 355 g/mol. The van der Waals surface area contributed by atoms with Crippen LogP contribution in [-0.2, 0) is 32.7 Å². The summed E-state index contributed by atoms with van der Waals surface area (Å²) in [5.41, 5.74) is 1.89. The van der Waals surface area contributed by atoms with Crippen LogP contribution in [0.1, 0.15) is 5.56 Å². The van der Waals surface area contributed by atoms with Gasteiger partial charge in [0.25, 0.3) is 6.43 Å². The van der Waals surface area contributed by atoms with Gasteiger partial charge in [-0.25, -0.2) is 8.78 Å². The zero-order valence-electron chi connectivity index (χ0n) is 10.1. The normalized spacial score (nSPS) is 14.4. The van der Waals surface area contributed by atoms with Crippen LogP contribution in [0.3, 0.4) is 0 Å². The van der Waals surface area contributed by atoms with Crippen LogP contribution < -0.4 is 0 Å². The molecule has 0 unspecified atom stereocenters. The number of allylic oxidation sites excluding steroid dienone is 3. The predicted molar refractivity (Wildman–Crippen MR) is 69.1 cm³/mol. The molecule has 0 N–H and O–H groups in total. The van der Waals surface area contributed by atoms with E-state index >= 15 is 0 Å². The second-order valence-electron chi connectivity index (χ2n) is 3.83. The van der Waals surface area contributed by atoms with Crippen molar-refractivity contribution in [2.75, 3.05) is 6.54 Å². The second kappa shape index (κ2) is 7.32. The molecule has 1 radical (unpaired) electrons. The molecule has 0 aromatic heterocycles. The Morgan fingerprint density at radius 2 is 1.89 bits per heavy atom. The maximum absolute atomic E-state index is 12.6. The molecule has 1 aliphatic heterocycles. The van der Waals surface area contributed by atoms with Gasteiger partial charge in [-0.15, -0.1) is 18.2 Å². The van der Waals surface area contributed by atoms with Gasteiger partial charge in [-0.3, -0.25) is 0 Å². The van der Waals surface area contributed by atoms with Gasteiger partial charge in [0.2, 0.25) is 0 Å². The SMILES string of the molecule is C=C1C=C[C-]=C(c2ccc(Cl)cc2)N1CC(F)F.[Y]. The number of nitrogens with zero attached hydrogens (tertiary/aromatic N) is 1. The summed E-state index contributed by atoms with van der Waals surface area (Å²) in [7, 11) is 0. The molecule has 0 saturated heterocycles. The summed E-state index contributed by atoms with van der Waals surface area (Å²) in [6.07, 6.45) is 3.86. The Bertz CT molecular complexity index is 509. The van der Waals surface area contributed by atoms with Crippen molar-refractivity contribution >= 4 is 17.3 Å². The van der Waals surface area contributed by atoms with Crippen molar-refractivity contribution in [2.45, 2.75) is 6.43 Å². The first-order valence-electron chi connectivity index (χ1n) is 5.38. The average Bonchev–Trinajstić information content (AvgIpc) is 2.32. The van der Waals surface area contributed by atoms with Crippen LogP contribution >= 0.6 is 11.6 Å². The van der Waals surface area contributed by atoms with Crippen LogP contribution in [0.2, 0.25) is 5.02 Å². The summed E-state index contributed by atoms with van der Waals surface area (Å²) in [5.74, 6) is 0. The molecular formula is C14H11ClF2NY-. The number of benzene rings is 1. The molecule has 5 heteroatoms. The van der Waals surface area contributed by atoms with Gasteiger partial charge in [-0.05, 0) is 5.70 Å². The molecule has 0 bridgehead atoms. The third-order valence-electron chi connectivity index (χ3n) is 2.55. The number of halogens is 3. The second-order valence-corrected chi connectivity index (χ2v) is 4.26. The van der Waals surface area contributed by atoms with Crippen molar-refractivity contribution in [3.05, 3.63) is 65.4 Å². The number of hydrogen-bond acceptors (Lipinski definition) is 1. The Morgan fingerprint density at radius 1 is 1.26 bits per heavy atom. The van der Waals surface area contributed by atoms with E-state index in [0.717, 1.165) is 5.56 Å². The van der Waals surface area contributed by atoms with E-state index in [1.165, 1.54) is 4.90 Å². The predicted octanol–water partition coefficient (Wildman–Crippen LogP) is 4.13. The Balaban J connectivity index is 0.00000180. The van der Waals surface area contributed by atoms with Crippen molar-refractivity contribution in [1.82, 2.24) is 4.90 Å². The average molecular weight is 356 g/mol. The minimum Gasteiger partial charge on any atom is -0.370 e. The molecule has 1 heterocycles. The van der Waals surface area contributed by atoms with Gasteiger partial charge >= 0.3 is 0 Å². The minimum atomic E-state index is -2.43. The first-order chi connectivity index (χ1) is 8.58. The number of hydrogen-bond donors (Lipinski definition) is 0. The molecule has 0 spiro atoms. The van der Waals surface area contributed by atoms with Gasteiger partial charge in [-0.1, -0.05) is 41.6 Å². The van der Waals surface area contributed by atoms with Crippen LogP contribution in [0.4, 0.5) is 8.78 Å². The van der Waals surface area contributed by atoms with Crippen LogP contribution in [0.5, 0.6) is 0 Å². The summed E-state index contributed by atoms with van der Waals surface area (Å²) >= 11 is 5.81. The standard InChI is InChI=1S/C14H11ClF2N.Y/c1-10-3-2-4-13(18(10)9-14(16)17)11-5-7-12(15)8-6-11;/h2-3,5-8,14H,1,9H2;/q-1;. The Morgan fingerprint density at radius 3 is 2.47 bits per heavy atom. The van der Waals surface area contributed by atoms with E-state index < -0.39 is 13.0 Å². The first-order valence-corrected chi connectivity index (χ1v) is 5.76. The van der Waals surface area contributed by atoms with Crippen molar-refractivity contribution in [1.29, 1.82) is 0 Å². The summed E-state index contributed by atoms with van der Waals surface area (Å²) in [6, 6.07) is 6.98. The maximum Gasteiger partial charge on any atom is 0.256 e. The van der Waals surface area contributed by atoms with Gasteiger partial charge in [0.05, 0.1) is 6.54 Å². The summed E-state index contributed by atoms with van der Waals surface area (Å²) in [4.78, 5) is 1.45. The zero-order chi connectivity index (χ0) is 13.1. The van der Waals surface area contributed by atoms with Crippen molar-refractivity contribution in [3.63, 3.8) is 0 Å². The van der Waals surface area contributed by atoms with Gasteiger partial charge in [0.15, 0.2) is 0 Å². The van der Waals surface area contributed by atoms with E-state index in [9.17, 15) is 8.78 Å². The fraction of sp³-hybridized carbons (Fsp3) is 0.143. The van der Waals surface area contributed by atoms with E-state index in [4.69, 9.17) is 11.6 Å². The van der Waals surface area contributed by atoms with E-state index in [0.29, 0.717) is 16.4 Å². The van der Waals surface area contributed by atoms with Crippen LogP contribution in [0.25, 0.3) is 5.70 Å². The molecule has 1 aromatic carbocycles. The minimum absolute atomic E-state index is 0. The maximum atomic E-state index is 12.6.